The van der Waals surface area contributed by atoms with Gasteiger partial charge >= 0.3 is 5.97 Å². The number of carbonyl (C=O) groups is 1. The van der Waals surface area contributed by atoms with Crippen molar-refractivity contribution in [2.24, 2.45) is 0 Å². The molecule has 0 aromatic carbocycles. The fourth-order valence-electron chi connectivity index (χ4n) is 1.22. The van der Waals surface area contributed by atoms with Crippen LogP contribution in [-0.4, -0.2) is 32.5 Å². The van der Waals surface area contributed by atoms with Crippen LogP contribution >= 0.6 is 0 Å². The van der Waals surface area contributed by atoms with Gasteiger partial charge in [-0.05, 0) is 12.8 Å². The van der Waals surface area contributed by atoms with Crippen LogP contribution in [0, 0.1) is 0 Å². The molecule has 0 aromatic heterocycles. The SMILES string of the molecule is COC(=O)[C@@H]1CC[C@@H](OC)N1. The lowest BCUT2D eigenvalue weighted by atomic mass is 10.2. The van der Waals surface area contributed by atoms with Gasteiger partial charge in [-0.25, -0.2) is 0 Å². The number of hydrogen-bond acceptors (Lipinski definition) is 4. The minimum atomic E-state index is -0.204. The van der Waals surface area contributed by atoms with Crippen LogP contribution in [0.2, 0.25) is 0 Å². The molecule has 11 heavy (non-hydrogen) atoms. The molecule has 1 aliphatic heterocycles. The van der Waals surface area contributed by atoms with E-state index in [0.29, 0.717) is 0 Å². The maximum atomic E-state index is 10.9. The number of hydrogen-bond donors (Lipinski definition) is 1. The number of rotatable bonds is 2. The normalized spacial score (nSPS) is 30.4. The average Bonchev–Trinajstić information content (AvgIpc) is 2.50. The van der Waals surface area contributed by atoms with Crippen molar-refractivity contribution < 1.29 is 14.3 Å². The van der Waals surface area contributed by atoms with Crippen LogP contribution in [0.1, 0.15) is 12.8 Å². The first-order chi connectivity index (χ1) is 5.27. The van der Waals surface area contributed by atoms with Gasteiger partial charge in [0.2, 0.25) is 0 Å². The molecular weight excluding hydrogens is 146 g/mol. The predicted molar refractivity (Wildman–Crippen MR) is 39.0 cm³/mol. The Bertz CT molecular complexity index is 149. The van der Waals surface area contributed by atoms with Crippen molar-refractivity contribution in [2.75, 3.05) is 14.2 Å². The zero-order valence-corrected chi connectivity index (χ0v) is 6.79. The van der Waals surface area contributed by atoms with Gasteiger partial charge in [0.1, 0.15) is 12.3 Å². The zero-order valence-electron chi connectivity index (χ0n) is 6.79. The largest absolute Gasteiger partial charge is 0.468 e. The van der Waals surface area contributed by atoms with Gasteiger partial charge in [0, 0.05) is 7.11 Å². The molecule has 1 rings (SSSR count). The number of nitrogens with one attached hydrogen (secondary N) is 1. The van der Waals surface area contributed by atoms with Crippen molar-refractivity contribution in [1.82, 2.24) is 5.32 Å². The van der Waals surface area contributed by atoms with Crippen molar-refractivity contribution in [3.63, 3.8) is 0 Å². The summed E-state index contributed by atoms with van der Waals surface area (Å²) in [7, 11) is 3.02. The van der Waals surface area contributed by atoms with E-state index in [1.54, 1.807) is 7.11 Å². The van der Waals surface area contributed by atoms with Crippen LogP contribution in [0.15, 0.2) is 0 Å². The lowest BCUT2D eigenvalue weighted by Gasteiger charge is -2.10. The van der Waals surface area contributed by atoms with E-state index < -0.39 is 0 Å². The molecule has 1 heterocycles. The van der Waals surface area contributed by atoms with E-state index in [9.17, 15) is 4.79 Å². The fraction of sp³-hybridized carbons (Fsp3) is 0.857. The van der Waals surface area contributed by atoms with Crippen molar-refractivity contribution in [1.29, 1.82) is 0 Å². The lowest BCUT2D eigenvalue weighted by Crippen LogP contribution is -2.36. The van der Waals surface area contributed by atoms with Gasteiger partial charge in [0.15, 0.2) is 0 Å². The second-order valence-electron chi connectivity index (χ2n) is 2.54. The molecule has 2 atom stereocenters. The van der Waals surface area contributed by atoms with E-state index in [4.69, 9.17) is 4.74 Å². The van der Waals surface area contributed by atoms with Crippen LogP contribution < -0.4 is 5.32 Å². The summed E-state index contributed by atoms with van der Waals surface area (Å²) in [6.45, 7) is 0. The Morgan fingerprint density at radius 2 is 2.18 bits per heavy atom. The van der Waals surface area contributed by atoms with Crippen molar-refractivity contribution in [2.45, 2.75) is 25.1 Å². The molecular formula is C7H13NO3. The van der Waals surface area contributed by atoms with Gasteiger partial charge in [-0.3, -0.25) is 10.1 Å². The Balaban J connectivity index is 2.35. The summed E-state index contributed by atoms with van der Waals surface area (Å²) in [5.41, 5.74) is 0. The maximum Gasteiger partial charge on any atom is 0.322 e. The van der Waals surface area contributed by atoms with Gasteiger partial charge in [0.05, 0.1) is 7.11 Å². The summed E-state index contributed by atoms with van der Waals surface area (Å²) in [6.07, 6.45) is 1.68. The molecule has 0 radical (unpaired) electrons. The van der Waals surface area contributed by atoms with Crippen LogP contribution in [0.3, 0.4) is 0 Å². The Kier molecular flexibility index (Phi) is 2.84. The standard InChI is InChI=1S/C7H13NO3/c1-10-6-4-3-5(8-6)7(9)11-2/h5-6,8H,3-4H2,1-2H3/t5-,6+/m0/s1. The second-order valence-corrected chi connectivity index (χ2v) is 2.54. The van der Waals surface area contributed by atoms with E-state index >= 15 is 0 Å². The van der Waals surface area contributed by atoms with E-state index in [0.717, 1.165) is 12.8 Å². The van der Waals surface area contributed by atoms with Crippen LogP contribution in [0.25, 0.3) is 0 Å². The van der Waals surface area contributed by atoms with Crippen molar-refractivity contribution in [3.05, 3.63) is 0 Å². The second kappa shape index (κ2) is 3.69. The van der Waals surface area contributed by atoms with E-state index in [2.05, 4.69) is 10.1 Å². The smallest absolute Gasteiger partial charge is 0.322 e. The Morgan fingerprint density at radius 3 is 2.64 bits per heavy atom. The molecule has 0 aromatic rings. The van der Waals surface area contributed by atoms with Crippen molar-refractivity contribution in [3.8, 4) is 0 Å². The van der Waals surface area contributed by atoms with E-state index in [1.807, 2.05) is 0 Å². The first kappa shape index (κ1) is 8.49. The highest BCUT2D eigenvalue weighted by atomic mass is 16.5. The lowest BCUT2D eigenvalue weighted by molar-refractivity contribution is -0.143. The summed E-state index contributed by atoms with van der Waals surface area (Å²) in [5, 5.41) is 2.99. The van der Waals surface area contributed by atoms with Crippen molar-refractivity contribution >= 4 is 5.97 Å². The Morgan fingerprint density at radius 1 is 1.45 bits per heavy atom. The molecule has 4 nitrogen and oxygen atoms in total. The van der Waals surface area contributed by atoms with Gasteiger partial charge in [0.25, 0.3) is 0 Å². The quantitative estimate of drug-likeness (QED) is 0.571. The molecule has 0 spiro atoms. The first-order valence-corrected chi connectivity index (χ1v) is 3.64. The number of methoxy groups -OCH3 is 2. The zero-order chi connectivity index (χ0) is 8.27. The highest BCUT2D eigenvalue weighted by Gasteiger charge is 2.29. The fourth-order valence-corrected chi connectivity index (χ4v) is 1.22. The average molecular weight is 159 g/mol. The number of esters is 1. The molecule has 1 saturated heterocycles. The number of carbonyl (C=O) groups excluding carboxylic acids is 1. The van der Waals surface area contributed by atoms with E-state index in [-0.39, 0.29) is 18.2 Å². The molecule has 1 aliphatic rings. The predicted octanol–water partition coefficient (Wildman–Crippen LogP) is -0.116. The minimum absolute atomic E-state index is 0.0131. The molecule has 0 bridgehead atoms. The van der Waals surface area contributed by atoms with Gasteiger partial charge in [-0.1, -0.05) is 0 Å². The summed E-state index contributed by atoms with van der Waals surface area (Å²) in [4.78, 5) is 10.9. The van der Waals surface area contributed by atoms with Crippen LogP contribution in [0.4, 0.5) is 0 Å². The third-order valence-electron chi connectivity index (χ3n) is 1.87. The molecule has 1 N–H and O–H groups in total. The summed E-state index contributed by atoms with van der Waals surface area (Å²) >= 11 is 0. The molecule has 64 valence electrons. The highest BCUT2D eigenvalue weighted by molar-refractivity contribution is 5.75. The van der Waals surface area contributed by atoms with Crippen LogP contribution in [0.5, 0.6) is 0 Å². The Hall–Kier alpha value is -0.610. The summed E-state index contributed by atoms with van der Waals surface area (Å²) in [6, 6.07) is -0.176. The van der Waals surface area contributed by atoms with E-state index in [1.165, 1.54) is 7.11 Å². The monoisotopic (exact) mass is 159 g/mol. The molecule has 0 aliphatic carbocycles. The summed E-state index contributed by atoms with van der Waals surface area (Å²) < 4.78 is 9.59. The molecule has 0 saturated carbocycles. The van der Waals surface area contributed by atoms with Gasteiger partial charge < -0.3 is 9.47 Å². The van der Waals surface area contributed by atoms with Gasteiger partial charge in [-0.2, -0.15) is 0 Å². The molecule has 1 fully saturated rings. The third kappa shape index (κ3) is 1.91. The first-order valence-electron chi connectivity index (χ1n) is 3.64. The molecule has 0 amide bonds. The molecule has 0 unspecified atom stereocenters. The maximum absolute atomic E-state index is 10.9. The van der Waals surface area contributed by atoms with Gasteiger partial charge in [-0.15, -0.1) is 0 Å². The summed E-state index contributed by atoms with van der Waals surface area (Å²) in [5.74, 6) is -0.204. The molecule has 4 heteroatoms. The Labute approximate surface area is 65.9 Å². The highest BCUT2D eigenvalue weighted by Crippen LogP contribution is 2.13. The minimum Gasteiger partial charge on any atom is -0.468 e. The van der Waals surface area contributed by atoms with Crippen LogP contribution in [-0.2, 0) is 14.3 Å². The number of ether oxygens (including phenoxy) is 2. The topological polar surface area (TPSA) is 47.6 Å². The third-order valence-corrected chi connectivity index (χ3v) is 1.87.